The van der Waals surface area contributed by atoms with E-state index in [1.165, 1.54) is 0 Å². The molecule has 2 heterocycles. The standard InChI is InChI=1S/C17H12N4O2/c18-8-11-2-1-3-12(6-11)17(23)21-5-4-15-14(10-21)7-13(9-19)16(22)20-15/h1-3,6-7H,4-5,10H2,(H,20,22). The summed E-state index contributed by atoms with van der Waals surface area (Å²) in [7, 11) is 0. The normalized spacial score (nSPS) is 12.9. The molecule has 1 amide bonds. The third-order valence-electron chi connectivity index (χ3n) is 3.85. The van der Waals surface area contributed by atoms with E-state index in [-0.39, 0.29) is 11.5 Å². The number of fused-ring (bicyclic) bond motifs is 1. The van der Waals surface area contributed by atoms with E-state index in [0.717, 1.165) is 11.3 Å². The second kappa shape index (κ2) is 5.78. The zero-order valence-electron chi connectivity index (χ0n) is 12.2. The quantitative estimate of drug-likeness (QED) is 0.858. The molecule has 0 saturated carbocycles. The highest BCUT2D eigenvalue weighted by atomic mass is 16.2. The number of nitrogens with zero attached hydrogens (tertiary/aromatic N) is 3. The first kappa shape index (κ1) is 14.6. The van der Waals surface area contributed by atoms with Crippen molar-refractivity contribution in [3.63, 3.8) is 0 Å². The van der Waals surface area contributed by atoms with E-state index in [0.29, 0.717) is 30.6 Å². The van der Waals surface area contributed by atoms with Crippen molar-refractivity contribution in [3.8, 4) is 12.1 Å². The molecule has 1 aromatic heterocycles. The Morgan fingerprint density at radius 1 is 1.22 bits per heavy atom. The van der Waals surface area contributed by atoms with Crippen LogP contribution in [0.5, 0.6) is 0 Å². The zero-order chi connectivity index (χ0) is 16.4. The number of rotatable bonds is 1. The van der Waals surface area contributed by atoms with E-state index >= 15 is 0 Å². The molecule has 0 saturated heterocycles. The summed E-state index contributed by atoms with van der Waals surface area (Å²) < 4.78 is 0. The maximum absolute atomic E-state index is 12.6. The summed E-state index contributed by atoms with van der Waals surface area (Å²) in [6.07, 6.45) is 0.528. The van der Waals surface area contributed by atoms with E-state index in [9.17, 15) is 9.59 Å². The zero-order valence-corrected chi connectivity index (χ0v) is 12.2. The fraction of sp³-hybridized carbons (Fsp3) is 0.176. The van der Waals surface area contributed by atoms with Gasteiger partial charge in [0.25, 0.3) is 11.5 Å². The van der Waals surface area contributed by atoms with Gasteiger partial charge in [0.05, 0.1) is 11.6 Å². The number of aromatic nitrogens is 1. The van der Waals surface area contributed by atoms with Gasteiger partial charge in [-0.3, -0.25) is 9.59 Å². The molecule has 1 aliphatic heterocycles. The Morgan fingerprint density at radius 2 is 2.04 bits per heavy atom. The van der Waals surface area contributed by atoms with Crippen molar-refractivity contribution in [3.05, 3.63) is 68.6 Å². The van der Waals surface area contributed by atoms with Crippen LogP contribution in [-0.4, -0.2) is 22.3 Å². The largest absolute Gasteiger partial charge is 0.334 e. The third kappa shape index (κ3) is 2.70. The van der Waals surface area contributed by atoms with Crippen LogP contribution < -0.4 is 5.56 Å². The minimum Gasteiger partial charge on any atom is -0.334 e. The molecule has 0 unspecified atom stereocenters. The van der Waals surface area contributed by atoms with Crippen molar-refractivity contribution in [2.24, 2.45) is 0 Å². The van der Waals surface area contributed by atoms with Crippen LogP contribution in [0, 0.1) is 22.7 Å². The fourth-order valence-electron chi connectivity index (χ4n) is 2.67. The molecule has 0 atom stereocenters. The van der Waals surface area contributed by atoms with Crippen molar-refractivity contribution >= 4 is 5.91 Å². The second-order valence-electron chi connectivity index (χ2n) is 5.30. The van der Waals surface area contributed by atoms with E-state index in [1.54, 1.807) is 35.2 Å². The summed E-state index contributed by atoms with van der Waals surface area (Å²) in [5, 5.41) is 17.9. The molecule has 0 spiro atoms. The Morgan fingerprint density at radius 3 is 2.78 bits per heavy atom. The minimum absolute atomic E-state index is 0.0459. The molecule has 0 fully saturated rings. The number of amides is 1. The molecule has 0 bridgehead atoms. The molecule has 1 aliphatic rings. The summed E-state index contributed by atoms with van der Waals surface area (Å²) in [6.45, 7) is 0.806. The van der Waals surface area contributed by atoms with Gasteiger partial charge in [0.1, 0.15) is 11.6 Å². The van der Waals surface area contributed by atoms with Crippen molar-refractivity contribution in [2.75, 3.05) is 6.54 Å². The number of carbonyl (C=O) groups excluding carboxylic acids is 1. The monoisotopic (exact) mass is 304 g/mol. The summed E-state index contributed by atoms with van der Waals surface area (Å²) in [4.78, 5) is 28.6. The number of benzene rings is 1. The number of nitrogens with one attached hydrogen (secondary N) is 1. The summed E-state index contributed by atoms with van der Waals surface area (Å²) in [6, 6.07) is 12.0. The van der Waals surface area contributed by atoms with Crippen LogP contribution in [0.4, 0.5) is 0 Å². The highest BCUT2D eigenvalue weighted by Gasteiger charge is 2.23. The number of carbonyl (C=O) groups is 1. The van der Waals surface area contributed by atoms with Crippen LogP contribution in [0.15, 0.2) is 35.1 Å². The number of aromatic amines is 1. The Kier molecular flexibility index (Phi) is 3.66. The van der Waals surface area contributed by atoms with E-state index in [1.807, 2.05) is 12.1 Å². The lowest BCUT2D eigenvalue weighted by Crippen LogP contribution is -2.37. The summed E-state index contributed by atoms with van der Waals surface area (Å²) in [5.41, 5.74) is 2.08. The molecule has 1 aromatic carbocycles. The molecule has 0 aliphatic carbocycles. The summed E-state index contributed by atoms with van der Waals surface area (Å²) in [5.74, 6) is -0.169. The minimum atomic E-state index is -0.396. The molecule has 3 rings (SSSR count). The van der Waals surface area contributed by atoms with Gasteiger partial charge in [0.2, 0.25) is 0 Å². The molecule has 0 radical (unpaired) electrons. The average Bonchev–Trinajstić information content (AvgIpc) is 2.60. The van der Waals surface area contributed by atoms with Crippen LogP contribution in [0.1, 0.15) is 32.7 Å². The molecule has 112 valence electrons. The Hall–Kier alpha value is -3.38. The number of nitriles is 2. The van der Waals surface area contributed by atoms with Crippen molar-refractivity contribution < 1.29 is 4.79 Å². The van der Waals surface area contributed by atoms with Gasteiger partial charge in [-0.05, 0) is 29.8 Å². The maximum atomic E-state index is 12.6. The predicted molar refractivity (Wildman–Crippen MR) is 81.4 cm³/mol. The average molecular weight is 304 g/mol. The lowest BCUT2D eigenvalue weighted by molar-refractivity contribution is 0.0733. The van der Waals surface area contributed by atoms with Crippen LogP contribution >= 0.6 is 0 Å². The van der Waals surface area contributed by atoms with Gasteiger partial charge in [-0.2, -0.15) is 10.5 Å². The molecular formula is C17H12N4O2. The fourth-order valence-corrected chi connectivity index (χ4v) is 2.67. The molecule has 23 heavy (non-hydrogen) atoms. The van der Waals surface area contributed by atoms with E-state index in [4.69, 9.17) is 10.5 Å². The van der Waals surface area contributed by atoms with Gasteiger partial charge in [-0.25, -0.2) is 0 Å². The molecule has 2 aromatic rings. The number of hydrogen-bond donors (Lipinski definition) is 1. The Balaban J connectivity index is 1.89. The van der Waals surface area contributed by atoms with Gasteiger partial charge >= 0.3 is 0 Å². The van der Waals surface area contributed by atoms with Gasteiger partial charge in [0.15, 0.2) is 0 Å². The van der Waals surface area contributed by atoms with Crippen LogP contribution in [-0.2, 0) is 13.0 Å². The predicted octanol–water partition coefficient (Wildman–Crippen LogP) is 1.32. The van der Waals surface area contributed by atoms with Gasteiger partial charge < -0.3 is 9.88 Å². The van der Waals surface area contributed by atoms with E-state index in [2.05, 4.69) is 4.98 Å². The number of pyridine rings is 1. The number of H-pyrrole nitrogens is 1. The lowest BCUT2D eigenvalue weighted by atomic mass is 10.0. The molecule has 1 N–H and O–H groups in total. The van der Waals surface area contributed by atoms with Crippen molar-refractivity contribution in [2.45, 2.75) is 13.0 Å². The van der Waals surface area contributed by atoms with Crippen molar-refractivity contribution in [1.29, 1.82) is 10.5 Å². The van der Waals surface area contributed by atoms with Gasteiger partial charge in [-0.15, -0.1) is 0 Å². The summed E-state index contributed by atoms with van der Waals surface area (Å²) >= 11 is 0. The molecule has 6 nitrogen and oxygen atoms in total. The van der Waals surface area contributed by atoms with Crippen molar-refractivity contribution in [1.82, 2.24) is 9.88 Å². The lowest BCUT2D eigenvalue weighted by Gasteiger charge is -2.28. The highest BCUT2D eigenvalue weighted by molar-refractivity contribution is 5.94. The first-order valence-corrected chi connectivity index (χ1v) is 7.07. The SMILES string of the molecule is N#Cc1cccc(C(=O)N2CCc3[nH]c(=O)c(C#N)cc3C2)c1. The van der Waals surface area contributed by atoms with Crippen LogP contribution in [0.3, 0.4) is 0 Å². The van der Waals surface area contributed by atoms with Gasteiger partial charge in [-0.1, -0.05) is 6.07 Å². The van der Waals surface area contributed by atoms with E-state index < -0.39 is 5.56 Å². The topological polar surface area (TPSA) is 101 Å². The Labute approximate surface area is 132 Å². The van der Waals surface area contributed by atoms with Gasteiger partial charge in [0, 0.05) is 30.8 Å². The first-order chi connectivity index (χ1) is 11.1. The Bertz CT molecular complexity index is 931. The molecular weight excluding hydrogens is 292 g/mol. The first-order valence-electron chi connectivity index (χ1n) is 7.07. The van der Waals surface area contributed by atoms with Crippen LogP contribution in [0.25, 0.3) is 0 Å². The third-order valence-corrected chi connectivity index (χ3v) is 3.85. The molecule has 6 heteroatoms. The second-order valence-corrected chi connectivity index (χ2v) is 5.30. The highest BCUT2D eigenvalue weighted by Crippen LogP contribution is 2.19. The van der Waals surface area contributed by atoms with Crippen LogP contribution in [0.2, 0.25) is 0 Å². The number of hydrogen-bond acceptors (Lipinski definition) is 4. The maximum Gasteiger partial charge on any atom is 0.266 e. The smallest absolute Gasteiger partial charge is 0.266 e.